The molecule has 0 saturated heterocycles. The Bertz CT molecular complexity index is 594. The monoisotopic (exact) mass is 319 g/mol. The average Bonchev–Trinajstić information content (AvgIpc) is 2.85. The molecule has 0 N–H and O–H groups in total. The molecule has 1 fully saturated rings. The highest BCUT2D eigenvalue weighted by Crippen LogP contribution is 2.58. The second-order valence-electron chi connectivity index (χ2n) is 7.81. The molecular formula is C19H28O2P. The highest BCUT2D eigenvalue weighted by atomic mass is 31.1. The molecule has 0 aliphatic heterocycles. The molecule has 1 saturated carbocycles. The normalized spacial score (nSPS) is 18.4. The standard InChI is InChI=1S/C19H28O2P/c1-13-11-14(2)16(15(3)12-13)17(20)19(9-7-8-10-19)22(21)18(4,5)6/h11-12H,7-10H2,1-6H3. The van der Waals surface area contributed by atoms with E-state index in [9.17, 15) is 9.36 Å². The third-order valence-electron chi connectivity index (χ3n) is 4.76. The van der Waals surface area contributed by atoms with Crippen molar-refractivity contribution in [2.24, 2.45) is 0 Å². The van der Waals surface area contributed by atoms with Crippen LogP contribution in [0.3, 0.4) is 0 Å². The van der Waals surface area contributed by atoms with Crippen LogP contribution in [-0.4, -0.2) is 16.1 Å². The lowest BCUT2D eigenvalue weighted by molar-refractivity contribution is 0.0937. The number of benzene rings is 1. The topological polar surface area (TPSA) is 34.1 Å². The highest BCUT2D eigenvalue weighted by Gasteiger charge is 2.51. The molecule has 1 aliphatic carbocycles. The van der Waals surface area contributed by atoms with Gasteiger partial charge in [-0.25, -0.2) is 0 Å². The van der Waals surface area contributed by atoms with Crippen molar-refractivity contribution in [2.45, 2.75) is 77.5 Å². The fraction of sp³-hybridized carbons (Fsp3) is 0.632. The van der Waals surface area contributed by atoms with Crippen molar-refractivity contribution in [2.75, 3.05) is 0 Å². The van der Waals surface area contributed by atoms with E-state index in [1.54, 1.807) is 0 Å². The smallest absolute Gasteiger partial charge is 0.180 e. The molecule has 1 radical (unpaired) electrons. The van der Waals surface area contributed by atoms with E-state index in [-0.39, 0.29) is 10.9 Å². The molecule has 1 unspecified atom stereocenters. The zero-order valence-corrected chi connectivity index (χ0v) is 15.6. The minimum atomic E-state index is -1.60. The summed E-state index contributed by atoms with van der Waals surface area (Å²) in [5, 5.41) is -0.986. The maximum absolute atomic E-state index is 13.4. The SMILES string of the molecule is Cc1cc(C)c(C(=O)C2([P](=O)C(C)(C)C)CCCC2)c(C)c1. The van der Waals surface area contributed by atoms with E-state index in [0.717, 1.165) is 42.4 Å². The minimum absolute atomic E-state index is 0.121. The van der Waals surface area contributed by atoms with Crippen LogP contribution in [-0.2, 0) is 4.57 Å². The van der Waals surface area contributed by atoms with E-state index in [4.69, 9.17) is 0 Å². The molecule has 0 spiro atoms. The third-order valence-corrected chi connectivity index (χ3v) is 7.40. The van der Waals surface area contributed by atoms with Crippen LogP contribution in [0.2, 0.25) is 0 Å². The van der Waals surface area contributed by atoms with E-state index >= 15 is 0 Å². The first-order valence-corrected chi connectivity index (χ1v) is 9.46. The second kappa shape index (κ2) is 5.89. The minimum Gasteiger partial charge on any atom is -0.293 e. The van der Waals surface area contributed by atoms with Gasteiger partial charge in [-0.15, -0.1) is 0 Å². The quantitative estimate of drug-likeness (QED) is 0.526. The van der Waals surface area contributed by atoms with Crippen LogP contribution in [0.25, 0.3) is 0 Å². The van der Waals surface area contributed by atoms with Crippen molar-refractivity contribution in [3.05, 3.63) is 34.4 Å². The van der Waals surface area contributed by atoms with Gasteiger partial charge in [-0.2, -0.15) is 0 Å². The lowest BCUT2D eigenvalue weighted by Crippen LogP contribution is -2.37. The summed E-state index contributed by atoms with van der Waals surface area (Å²) >= 11 is 0. The van der Waals surface area contributed by atoms with Crippen LogP contribution in [0, 0.1) is 20.8 Å². The first-order valence-electron chi connectivity index (χ1n) is 8.20. The fourth-order valence-electron chi connectivity index (χ4n) is 3.90. The number of rotatable bonds is 3. The van der Waals surface area contributed by atoms with E-state index in [2.05, 4.69) is 19.1 Å². The molecule has 2 nitrogen and oxygen atoms in total. The maximum Gasteiger partial charge on any atom is 0.180 e. The Hall–Kier alpha value is -1.01. The molecule has 22 heavy (non-hydrogen) atoms. The van der Waals surface area contributed by atoms with E-state index < -0.39 is 13.0 Å². The lowest BCUT2D eigenvalue weighted by Gasteiger charge is -2.34. The summed E-state index contributed by atoms with van der Waals surface area (Å²) in [6, 6.07) is 4.13. The van der Waals surface area contributed by atoms with Crippen molar-refractivity contribution in [1.82, 2.24) is 0 Å². The average molecular weight is 319 g/mol. The molecule has 0 bridgehead atoms. The molecule has 3 heteroatoms. The molecule has 1 aromatic carbocycles. The summed E-state index contributed by atoms with van der Waals surface area (Å²) in [7, 11) is -1.60. The highest BCUT2D eigenvalue weighted by molar-refractivity contribution is 7.49. The number of hydrogen-bond acceptors (Lipinski definition) is 2. The van der Waals surface area contributed by atoms with Gasteiger partial charge in [0, 0.05) is 10.7 Å². The van der Waals surface area contributed by atoms with E-state index in [0.29, 0.717) is 0 Å². The zero-order valence-electron chi connectivity index (χ0n) is 14.7. The summed E-state index contributed by atoms with van der Waals surface area (Å²) in [5.41, 5.74) is 4.02. The third kappa shape index (κ3) is 2.91. The van der Waals surface area contributed by atoms with Crippen LogP contribution in [0.5, 0.6) is 0 Å². The van der Waals surface area contributed by atoms with Crippen molar-refractivity contribution in [1.29, 1.82) is 0 Å². The zero-order chi connectivity index (χ0) is 16.7. The second-order valence-corrected chi connectivity index (χ2v) is 10.6. The lowest BCUT2D eigenvalue weighted by atomic mass is 9.88. The molecule has 0 amide bonds. The van der Waals surface area contributed by atoms with Crippen LogP contribution in [0.15, 0.2) is 12.1 Å². The summed E-state index contributed by atoms with van der Waals surface area (Å²) < 4.78 is 13.2. The summed E-state index contributed by atoms with van der Waals surface area (Å²) in [6.07, 6.45) is 3.55. The Kier molecular flexibility index (Phi) is 4.64. The molecule has 1 aromatic rings. The molecule has 1 atom stereocenters. The molecule has 0 heterocycles. The number of Topliss-reactive ketones (excluding diaryl/α,β-unsaturated/α-hetero) is 1. The summed E-state index contributed by atoms with van der Waals surface area (Å²) in [5.74, 6) is 0.121. The van der Waals surface area contributed by atoms with Crippen molar-refractivity contribution in [3.8, 4) is 0 Å². The van der Waals surface area contributed by atoms with Crippen LogP contribution in [0.1, 0.15) is 73.5 Å². The van der Waals surface area contributed by atoms with Crippen molar-refractivity contribution in [3.63, 3.8) is 0 Å². The van der Waals surface area contributed by atoms with Gasteiger partial charge in [-0.3, -0.25) is 9.36 Å². The Morgan fingerprint density at radius 3 is 1.91 bits per heavy atom. The Balaban J connectivity index is 2.56. The van der Waals surface area contributed by atoms with Gasteiger partial charge in [-0.05, 0) is 44.7 Å². The number of carbonyl (C=O) groups excluding carboxylic acids is 1. The first kappa shape index (κ1) is 17.3. The predicted molar refractivity (Wildman–Crippen MR) is 93.5 cm³/mol. The van der Waals surface area contributed by atoms with Gasteiger partial charge >= 0.3 is 0 Å². The Morgan fingerprint density at radius 1 is 1.05 bits per heavy atom. The van der Waals surface area contributed by atoms with E-state index in [1.165, 1.54) is 5.56 Å². The Labute approximate surface area is 135 Å². The van der Waals surface area contributed by atoms with Crippen molar-refractivity contribution >= 4 is 13.6 Å². The van der Waals surface area contributed by atoms with Gasteiger partial charge < -0.3 is 0 Å². The number of ketones is 1. The maximum atomic E-state index is 13.4. The molecule has 121 valence electrons. The first-order chi connectivity index (χ1) is 10.1. The van der Waals surface area contributed by atoms with Crippen LogP contribution < -0.4 is 0 Å². The van der Waals surface area contributed by atoms with Gasteiger partial charge in [0.05, 0.1) is 7.80 Å². The van der Waals surface area contributed by atoms with Gasteiger partial charge in [0.1, 0.15) is 5.16 Å². The summed E-state index contributed by atoms with van der Waals surface area (Å²) in [6.45, 7) is 12.0. The fourth-order valence-corrected chi connectivity index (χ4v) is 6.20. The van der Waals surface area contributed by atoms with Crippen molar-refractivity contribution < 1.29 is 9.36 Å². The molecule has 0 aromatic heterocycles. The molecular weight excluding hydrogens is 291 g/mol. The largest absolute Gasteiger partial charge is 0.293 e. The van der Waals surface area contributed by atoms with Crippen LogP contribution >= 0.6 is 7.80 Å². The van der Waals surface area contributed by atoms with Gasteiger partial charge in [0.25, 0.3) is 0 Å². The number of hydrogen-bond donors (Lipinski definition) is 0. The van der Waals surface area contributed by atoms with Gasteiger partial charge in [-0.1, -0.05) is 51.3 Å². The molecule has 2 rings (SSSR count). The van der Waals surface area contributed by atoms with Gasteiger partial charge in [0.15, 0.2) is 5.78 Å². The Morgan fingerprint density at radius 2 is 1.50 bits per heavy atom. The van der Waals surface area contributed by atoms with Gasteiger partial charge in [0.2, 0.25) is 0 Å². The van der Waals surface area contributed by atoms with E-state index in [1.807, 2.05) is 34.6 Å². The summed E-state index contributed by atoms with van der Waals surface area (Å²) in [4.78, 5) is 13.4. The predicted octanol–water partition coefficient (Wildman–Crippen LogP) is 5.73. The molecule has 1 aliphatic rings. The number of carbonyl (C=O) groups is 1. The number of aryl methyl sites for hydroxylation is 3. The van der Waals surface area contributed by atoms with Crippen LogP contribution in [0.4, 0.5) is 0 Å².